The van der Waals surface area contributed by atoms with Crippen LogP contribution in [-0.4, -0.2) is 28.9 Å². The van der Waals surface area contributed by atoms with E-state index in [0.717, 1.165) is 10.0 Å². The van der Waals surface area contributed by atoms with Gasteiger partial charge in [0.15, 0.2) is 0 Å². The number of benzene rings is 1. The molecule has 1 aromatic carbocycles. The number of carboxylic acid groups (broad SMARTS) is 1. The van der Waals surface area contributed by atoms with E-state index in [0.29, 0.717) is 11.5 Å². The second-order valence-corrected chi connectivity index (χ2v) is 5.96. The van der Waals surface area contributed by atoms with Crippen LogP contribution in [0.25, 0.3) is 0 Å². The Bertz CT molecular complexity index is 691. The molecule has 0 aliphatic heterocycles. The molecule has 2 aromatic rings. The van der Waals surface area contributed by atoms with Crippen LogP contribution < -0.4 is 0 Å². The first-order valence-electron chi connectivity index (χ1n) is 6.68. The molecule has 0 saturated carbocycles. The van der Waals surface area contributed by atoms with Gasteiger partial charge in [0.05, 0.1) is 13.0 Å². The summed E-state index contributed by atoms with van der Waals surface area (Å²) in [7, 11) is 1.67. The van der Waals surface area contributed by atoms with E-state index in [1.807, 2.05) is 24.3 Å². The van der Waals surface area contributed by atoms with Gasteiger partial charge in [-0.1, -0.05) is 28.1 Å². The maximum absolute atomic E-state index is 12.2. The van der Waals surface area contributed by atoms with Crippen molar-refractivity contribution in [2.24, 2.45) is 0 Å². The minimum absolute atomic E-state index is 0.0618. The van der Waals surface area contributed by atoms with Gasteiger partial charge in [-0.25, -0.2) is 4.79 Å². The van der Waals surface area contributed by atoms with Crippen molar-refractivity contribution in [3.05, 3.63) is 57.5 Å². The van der Waals surface area contributed by atoms with E-state index in [1.165, 1.54) is 11.0 Å². The number of aryl methyl sites for hydroxylation is 1. The first-order valence-corrected chi connectivity index (χ1v) is 7.47. The third-order valence-electron chi connectivity index (χ3n) is 3.29. The highest BCUT2D eigenvalue weighted by Gasteiger charge is 2.17. The number of amides is 1. The number of hydrogen-bond donors (Lipinski definition) is 1. The highest BCUT2D eigenvalue weighted by Crippen LogP contribution is 2.17. The fourth-order valence-corrected chi connectivity index (χ4v) is 2.33. The van der Waals surface area contributed by atoms with Crippen molar-refractivity contribution in [2.75, 3.05) is 7.05 Å². The second kappa shape index (κ2) is 6.79. The van der Waals surface area contributed by atoms with Crippen molar-refractivity contribution in [1.82, 2.24) is 4.90 Å². The normalized spacial score (nSPS) is 10.5. The van der Waals surface area contributed by atoms with Crippen LogP contribution in [0.2, 0.25) is 0 Å². The molecule has 5 nitrogen and oxygen atoms in total. The highest BCUT2D eigenvalue weighted by molar-refractivity contribution is 9.10. The van der Waals surface area contributed by atoms with E-state index in [2.05, 4.69) is 15.9 Å². The molecule has 1 N–H and O–H groups in total. The molecule has 1 aromatic heterocycles. The molecule has 1 heterocycles. The summed E-state index contributed by atoms with van der Waals surface area (Å²) in [6, 6.07) is 9.00. The van der Waals surface area contributed by atoms with Crippen LogP contribution in [0.3, 0.4) is 0 Å². The van der Waals surface area contributed by atoms with Crippen molar-refractivity contribution in [3.63, 3.8) is 0 Å². The molecule has 116 valence electrons. The molecule has 0 atom stereocenters. The summed E-state index contributed by atoms with van der Waals surface area (Å²) in [5, 5.41) is 9.00. The van der Waals surface area contributed by atoms with Gasteiger partial charge in [-0.15, -0.1) is 0 Å². The Kier molecular flexibility index (Phi) is 5.03. The van der Waals surface area contributed by atoms with Gasteiger partial charge in [0.2, 0.25) is 5.91 Å². The molecule has 0 radical (unpaired) electrons. The number of carbonyl (C=O) groups is 2. The molecule has 0 aliphatic carbocycles. The first-order chi connectivity index (χ1) is 10.4. The van der Waals surface area contributed by atoms with E-state index < -0.39 is 5.97 Å². The number of likely N-dealkylation sites (N-methyl/N-ethyl adjacent to an activating group) is 1. The molecular formula is C16H16BrNO4. The van der Waals surface area contributed by atoms with Gasteiger partial charge in [-0.05, 0) is 30.7 Å². The summed E-state index contributed by atoms with van der Waals surface area (Å²) in [6.45, 7) is 1.83. The quantitative estimate of drug-likeness (QED) is 0.882. The van der Waals surface area contributed by atoms with E-state index >= 15 is 0 Å². The minimum Gasteiger partial charge on any atom is -0.478 e. The van der Waals surface area contributed by atoms with Gasteiger partial charge >= 0.3 is 5.97 Å². The molecule has 0 fully saturated rings. The summed E-state index contributed by atoms with van der Waals surface area (Å²) >= 11 is 3.35. The fraction of sp³-hybridized carbons (Fsp3) is 0.250. The number of hydrogen-bond acceptors (Lipinski definition) is 3. The van der Waals surface area contributed by atoms with Crippen LogP contribution in [0.4, 0.5) is 0 Å². The first kappa shape index (κ1) is 16.3. The Morgan fingerprint density at radius 3 is 2.45 bits per heavy atom. The highest BCUT2D eigenvalue weighted by atomic mass is 79.9. The third kappa shape index (κ3) is 3.98. The molecule has 0 bridgehead atoms. The van der Waals surface area contributed by atoms with Gasteiger partial charge in [0, 0.05) is 11.5 Å². The zero-order chi connectivity index (χ0) is 16.3. The maximum atomic E-state index is 12.2. The summed E-state index contributed by atoms with van der Waals surface area (Å²) in [5.41, 5.74) is 1.05. The Labute approximate surface area is 136 Å². The van der Waals surface area contributed by atoms with E-state index in [1.54, 1.807) is 14.0 Å². The van der Waals surface area contributed by atoms with Crippen molar-refractivity contribution in [2.45, 2.75) is 19.9 Å². The summed E-state index contributed by atoms with van der Waals surface area (Å²) in [4.78, 5) is 24.7. The number of halogens is 1. The van der Waals surface area contributed by atoms with Gasteiger partial charge in [-0.3, -0.25) is 4.79 Å². The van der Waals surface area contributed by atoms with Crippen LogP contribution in [0.15, 0.2) is 39.2 Å². The topological polar surface area (TPSA) is 70.8 Å². The molecule has 0 unspecified atom stereocenters. The van der Waals surface area contributed by atoms with Crippen LogP contribution in [0, 0.1) is 6.92 Å². The van der Waals surface area contributed by atoms with Gasteiger partial charge in [0.25, 0.3) is 0 Å². The van der Waals surface area contributed by atoms with Crippen LogP contribution >= 0.6 is 15.9 Å². The molecular weight excluding hydrogens is 350 g/mol. The van der Waals surface area contributed by atoms with Crippen molar-refractivity contribution >= 4 is 27.8 Å². The molecule has 1 amide bonds. The molecule has 0 saturated heterocycles. The van der Waals surface area contributed by atoms with E-state index in [9.17, 15) is 9.59 Å². The average molecular weight is 366 g/mol. The largest absolute Gasteiger partial charge is 0.478 e. The molecule has 22 heavy (non-hydrogen) atoms. The molecule has 0 aliphatic rings. The number of carboxylic acids is 1. The zero-order valence-corrected chi connectivity index (χ0v) is 13.9. The van der Waals surface area contributed by atoms with E-state index in [4.69, 9.17) is 9.52 Å². The van der Waals surface area contributed by atoms with Crippen LogP contribution in [0.5, 0.6) is 0 Å². The van der Waals surface area contributed by atoms with Crippen LogP contribution in [0.1, 0.15) is 27.4 Å². The number of nitrogens with zero attached hydrogens (tertiary/aromatic N) is 1. The summed E-state index contributed by atoms with van der Waals surface area (Å²) in [5.74, 6) is -0.289. The third-order valence-corrected chi connectivity index (χ3v) is 3.82. The monoisotopic (exact) mass is 365 g/mol. The summed E-state index contributed by atoms with van der Waals surface area (Å²) < 4.78 is 6.34. The maximum Gasteiger partial charge on any atom is 0.339 e. The molecule has 0 spiro atoms. The Balaban J connectivity index is 2.00. The van der Waals surface area contributed by atoms with Gasteiger partial charge in [0.1, 0.15) is 17.1 Å². The second-order valence-electron chi connectivity index (χ2n) is 5.04. The van der Waals surface area contributed by atoms with Crippen molar-refractivity contribution in [3.8, 4) is 0 Å². The Morgan fingerprint density at radius 2 is 1.91 bits per heavy atom. The average Bonchev–Trinajstić information content (AvgIpc) is 2.82. The van der Waals surface area contributed by atoms with E-state index in [-0.39, 0.29) is 24.4 Å². The number of rotatable bonds is 5. The smallest absolute Gasteiger partial charge is 0.339 e. The lowest BCUT2D eigenvalue weighted by atomic mass is 10.1. The standard InChI is InChI=1S/C16H16BrNO4/c1-10-14(16(20)21)8-13(22-10)9-18(2)15(19)7-11-3-5-12(17)6-4-11/h3-6,8H,7,9H2,1-2H3,(H,20,21). The van der Waals surface area contributed by atoms with Crippen molar-refractivity contribution in [1.29, 1.82) is 0 Å². The minimum atomic E-state index is -1.03. The van der Waals surface area contributed by atoms with Gasteiger partial charge in [-0.2, -0.15) is 0 Å². The number of carbonyl (C=O) groups excluding carboxylic acids is 1. The Hall–Kier alpha value is -2.08. The lowest BCUT2D eigenvalue weighted by Crippen LogP contribution is -2.27. The van der Waals surface area contributed by atoms with Crippen LogP contribution in [-0.2, 0) is 17.8 Å². The lowest BCUT2D eigenvalue weighted by molar-refractivity contribution is -0.129. The number of furan rings is 1. The fourth-order valence-electron chi connectivity index (χ4n) is 2.07. The lowest BCUT2D eigenvalue weighted by Gasteiger charge is -2.15. The predicted molar refractivity (Wildman–Crippen MR) is 84.7 cm³/mol. The van der Waals surface area contributed by atoms with Crippen molar-refractivity contribution < 1.29 is 19.1 Å². The van der Waals surface area contributed by atoms with Gasteiger partial charge < -0.3 is 14.4 Å². The number of aromatic carboxylic acids is 1. The Morgan fingerprint density at radius 1 is 1.27 bits per heavy atom. The predicted octanol–water partition coefficient (Wildman–Crippen LogP) is 3.25. The summed E-state index contributed by atoms with van der Waals surface area (Å²) in [6.07, 6.45) is 0.287. The zero-order valence-electron chi connectivity index (χ0n) is 12.3. The molecule has 6 heteroatoms. The SMILES string of the molecule is Cc1oc(CN(C)C(=O)Cc2ccc(Br)cc2)cc1C(=O)O. The molecule has 2 rings (SSSR count).